The van der Waals surface area contributed by atoms with Crippen molar-refractivity contribution < 1.29 is 18.7 Å². The summed E-state index contributed by atoms with van der Waals surface area (Å²) in [5, 5.41) is 0.142. The highest BCUT2D eigenvalue weighted by Gasteiger charge is 2.45. The van der Waals surface area contributed by atoms with Crippen LogP contribution in [0.3, 0.4) is 0 Å². The first-order valence-corrected chi connectivity index (χ1v) is 11.8. The molecule has 1 aliphatic heterocycles. The van der Waals surface area contributed by atoms with Gasteiger partial charge in [0.25, 0.3) is 0 Å². The molecular weight excluding hydrogens is 320 g/mol. The summed E-state index contributed by atoms with van der Waals surface area (Å²) >= 11 is 0. The summed E-state index contributed by atoms with van der Waals surface area (Å²) in [4.78, 5) is 10.9. The first-order chi connectivity index (χ1) is 10.9. The highest BCUT2D eigenvalue weighted by molar-refractivity contribution is 6.74. The third kappa shape index (κ3) is 5.25. The summed E-state index contributed by atoms with van der Waals surface area (Å²) in [5.41, 5.74) is 0.724. The van der Waals surface area contributed by atoms with Gasteiger partial charge in [-0.15, -0.1) is 0 Å². The largest absolute Gasteiger partial charge is 0.392 e. The van der Waals surface area contributed by atoms with E-state index in [0.29, 0.717) is 0 Å². The van der Waals surface area contributed by atoms with Crippen LogP contribution in [0.25, 0.3) is 0 Å². The van der Waals surface area contributed by atoms with Gasteiger partial charge in [0.2, 0.25) is 0 Å². The number of hydrogen-bond donors (Lipinski definition) is 0. The van der Waals surface area contributed by atoms with Crippen LogP contribution in [0.4, 0.5) is 0 Å². The second kappa shape index (κ2) is 8.26. The van der Waals surface area contributed by atoms with Gasteiger partial charge in [-0.05, 0) is 37.0 Å². The van der Waals surface area contributed by atoms with Gasteiger partial charge in [0.05, 0.1) is 12.2 Å². The van der Waals surface area contributed by atoms with Gasteiger partial charge < -0.3 is 13.9 Å². The highest BCUT2D eigenvalue weighted by Crippen LogP contribution is 2.40. The average Bonchev–Trinajstić information content (AvgIpc) is 2.47. The number of rotatable bonds is 6. The third-order valence-corrected chi connectivity index (χ3v) is 9.91. The number of methoxy groups -OCH3 is 1. The Morgan fingerprint density at radius 2 is 1.92 bits per heavy atom. The molecule has 0 amide bonds. The van der Waals surface area contributed by atoms with Gasteiger partial charge in [-0.1, -0.05) is 40.7 Å². The van der Waals surface area contributed by atoms with Crippen LogP contribution < -0.4 is 0 Å². The number of carbonyl (C=O) groups excluding carboxylic acids is 1. The Balaban J connectivity index is 2.96. The first kappa shape index (κ1) is 21.5. The molecule has 0 spiro atoms. The van der Waals surface area contributed by atoms with Gasteiger partial charge in [-0.25, -0.2) is 0 Å². The van der Waals surface area contributed by atoms with Crippen LogP contribution in [-0.2, 0) is 18.7 Å². The molecule has 0 unspecified atom stereocenters. The van der Waals surface area contributed by atoms with E-state index in [1.165, 1.54) is 0 Å². The Kier molecular flexibility index (Phi) is 7.41. The summed E-state index contributed by atoms with van der Waals surface area (Å²) in [6, 6.07) is 0. The van der Waals surface area contributed by atoms with Crippen LogP contribution in [0.2, 0.25) is 18.1 Å². The van der Waals surface area contributed by atoms with E-state index < -0.39 is 8.32 Å². The molecule has 0 bridgehead atoms. The fraction of sp³-hybridized carbons (Fsp3) is 0.842. The second-order valence-corrected chi connectivity index (χ2v) is 13.5. The predicted molar refractivity (Wildman–Crippen MR) is 101 cm³/mol. The molecule has 0 N–H and O–H groups in total. The zero-order chi connectivity index (χ0) is 18.7. The van der Waals surface area contributed by atoms with Crippen molar-refractivity contribution in [2.24, 2.45) is 11.8 Å². The van der Waals surface area contributed by atoms with Gasteiger partial charge in [0, 0.05) is 18.9 Å². The molecule has 0 aromatic carbocycles. The Morgan fingerprint density at radius 3 is 2.38 bits per heavy atom. The molecule has 0 aliphatic carbocycles. The van der Waals surface area contributed by atoms with Gasteiger partial charge in [-0.2, -0.15) is 0 Å². The normalized spacial score (nSPS) is 31.0. The minimum absolute atomic E-state index is 0.0185. The molecule has 1 rings (SSSR count). The van der Waals surface area contributed by atoms with Gasteiger partial charge in [0.1, 0.15) is 6.29 Å². The average molecular weight is 357 g/mol. The Morgan fingerprint density at radius 1 is 1.33 bits per heavy atom. The van der Waals surface area contributed by atoms with Gasteiger partial charge in [0.15, 0.2) is 14.6 Å². The van der Waals surface area contributed by atoms with E-state index in [2.05, 4.69) is 47.7 Å². The van der Waals surface area contributed by atoms with Crippen molar-refractivity contribution in [3.05, 3.63) is 11.6 Å². The van der Waals surface area contributed by atoms with Crippen molar-refractivity contribution >= 4 is 14.6 Å². The third-order valence-electron chi connectivity index (χ3n) is 5.48. The minimum atomic E-state index is -1.91. The summed E-state index contributed by atoms with van der Waals surface area (Å²) in [6.07, 6.45) is 3.45. The quantitative estimate of drug-likeness (QED) is 0.398. The highest BCUT2D eigenvalue weighted by atomic mass is 28.4. The molecule has 24 heavy (non-hydrogen) atoms. The number of aldehydes is 1. The van der Waals surface area contributed by atoms with Crippen molar-refractivity contribution in [3.63, 3.8) is 0 Å². The van der Waals surface area contributed by atoms with E-state index in [1.807, 2.05) is 13.0 Å². The lowest BCUT2D eigenvalue weighted by Crippen LogP contribution is -2.53. The molecule has 5 atom stereocenters. The number of hydrogen-bond acceptors (Lipinski definition) is 4. The Labute approximate surface area is 149 Å². The van der Waals surface area contributed by atoms with E-state index in [0.717, 1.165) is 18.3 Å². The topological polar surface area (TPSA) is 44.8 Å². The van der Waals surface area contributed by atoms with Crippen LogP contribution in [0, 0.1) is 11.8 Å². The fourth-order valence-electron chi connectivity index (χ4n) is 2.84. The zero-order valence-corrected chi connectivity index (χ0v) is 17.9. The standard InChI is InChI=1S/C19H36O4Si/c1-13(12-20)10-14(2)17-16(21-7)11-15(3)18(22-17)23-24(8,9)19(4,5)6/h10,12,14-18H,11H2,1-9H3/b13-10+/t14-,15-,16-,17+,18+/m0/s1. The summed E-state index contributed by atoms with van der Waals surface area (Å²) in [7, 11) is -0.179. The lowest BCUT2D eigenvalue weighted by molar-refractivity contribution is -0.229. The number of carbonyl (C=O) groups is 1. The van der Waals surface area contributed by atoms with Crippen LogP contribution >= 0.6 is 0 Å². The van der Waals surface area contributed by atoms with Crippen molar-refractivity contribution in [1.29, 1.82) is 0 Å². The van der Waals surface area contributed by atoms with Gasteiger partial charge >= 0.3 is 0 Å². The Hall–Kier alpha value is -0.493. The van der Waals surface area contributed by atoms with Crippen LogP contribution in [-0.4, -0.2) is 40.2 Å². The Bertz CT molecular complexity index is 453. The lowest BCUT2D eigenvalue weighted by atomic mass is 9.88. The maximum atomic E-state index is 10.9. The molecule has 4 nitrogen and oxygen atoms in total. The summed E-state index contributed by atoms with van der Waals surface area (Å²) in [5.74, 6) is 0.377. The van der Waals surface area contributed by atoms with E-state index in [4.69, 9.17) is 13.9 Å². The van der Waals surface area contributed by atoms with E-state index >= 15 is 0 Å². The second-order valence-electron chi connectivity index (χ2n) is 8.72. The maximum Gasteiger partial charge on any atom is 0.195 e. The SMILES string of the molecule is CO[C@H]1C[C@H](C)[C@@H](O[Si](C)(C)C(C)(C)C)O[C@@H]1[C@@H](C)/C=C(\C)C=O. The molecule has 0 aromatic rings. The predicted octanol–water partition coefficient (Wildman–Crippen LogP) is 4.56. The van der Waals surface area contributed by atoms with E-state index in [1.54, 1.807) is 7.11 Å². The van der Waals surface area contributed by atoms with E-state index in [-0.39, 0.29) is 35.4 Å². The number of ether oxygens (including phenoxy) is 2. The summed E-state index contributed by atoms with van der Waals surface area (Å²) in [6.45, 7) is 17.3. The molecule has 0 radical (unpaired) electrons. The van der Waals surface area contributed by atoms with Crippen molar-refractivity contribution in [2.75, 3.05) is 7.11 Å². The van der Waals surface area contributed by atoms with Crippen molar-refractivity contribution in [3.8, 4) is 0 Å². The van der Waals surface area contributed by atoms with Crippen molar-refractivity contribution in [1.82, 2.24) is 0 Å². The van der Waals surface area contributed by atoms with Crippen LogP contribution in [0.1, 0.15) is 48.0 Å². The maximum absolute atomic E-state index is 10.9. The molecule has 0 aromatic heterocycles. The monoisotopic (exact) mass is 356 g/mol. The molecular formula is C19H36O4Si. The van der Waals surface area contributed by atoms with Crippen LogP contribution in [0.5, 0.6) is 0 Å². The smallest absolute Gasteiger partial charge is 0.195 e. The molecule has 1 heterocycles. The molecule has 1 fully saturated rings. The zero-order valence-electron chi connectivity index (χ0n) is 16.9. The fourth-order valence-corrected chi connectivity index (χ4v) is 4.06. The van der Waals surface area contributed by atoms with Gasteiger partial charge in [-0.3, -0.25) is 4.79 Å². The molecule has 1 saturated heterocycles. The molecule has 0 saturated carbocycles. The minimum Gasteiger partial charge on any atom is -0.392 e. The molecule has 5 heteroatoms. The van der Waals surface area contributed by atoms with E-state index in [9.17, 15) is 4.79 Å². The lowest BCUT2D eigenvalue weighted by Gasteiger charge is -2.46. The molecule has 140 valence electrons. The first-order valence-electron chi connectivity index (χ1n) is 8.92. The summed E-state index contributed by atoms with van der Waals surface area (Å²) < 4.78 is 18.6. The number of allylic oxidation sites excluding steroid dienone is 1. The van der Waals surface area contributed by atoms with Crippen molar-refractivity contribution in [2.45, 2.75) is 84.6 Å². The van der Waals surface area contributed by atoms with Crippen LogP contribution in [0.15, 0.2) is 11.6 Å². The molecule has 1 aliphatic rings.